The minimum absolute atomic E-state index is 0.124. The summed E-state index contributed by atoms with van der Waals surface area (Å²) in [4.78, 5) is 15.0. The number of carbonyl (C=O) groups excluding carboxylic acids is 1. The highest BCUT2D eigenvalue weighted by Crippen LogP contribution is 2.44. The fraction of sp³-hybridized carbons (Fsp3) is 0.360. The Hall–Kier alpha value is -3.32. The number of ether oxygens (including phenoxy) is 2. The summed E-state index contributed by atoms with van der Waals surface area (Å²) in [7, 11) is 1.62. The molecule has 0 saturated heterocycles. The lowest BCUT2D eigenvalue weighted by molar-refractivity contribution is 0.0677. The van der Waals surface area contributed by atoms with Crippen LogP contribution < -0.4 is 4.74 Å². The number of nitrogens with zero attached hydrogens (tertiary/aromatic N) is 2. The Kier molecular flexibility index (Phi) is 6.75. The van der Waals surface area contributed by atoms with E-state index in [1.54, 1.807) is 30.2 Å². The molecule has 168 valence electrons. The molecule has 7 heteroatoms. The fourth-order valence-corrected chi connectivity index (χ4v) is 4.13. The molecule has 0 aliphatic carbocycles. The highest BCUT2D eigenvalue weighted by molar-refractivity contribution is 6.00. The van der Waals surface area contributed by atoms with Gasteiger partial charge in [-0.15, -0.1) is 0 Å². The van der Waals surface area contributed by atoms with Gasteiger partial charge in [-0.05, 0) is 36.2 Å². The number of aromatic hydroxyl groups is 1. The molecule has 0 bridgehead atoms. The van der Waals surface area contributed by atoms with Gasteiger partial charge in [0.25, 0.3) is 5.91 Å². The van der Waals surface area contributed by atoms with Gasteiger partial charge in [-0.1, -0.05) is 44.0 Å². The summed E-state index contributed by atoms with van der Waals surface area (Å²) in [6.45, 7) is 3.72. The summed E-state index contributed by atoms with van der Waals surface area (Å²) in [5.74, 6) is 0.807. The van der Waals surface area contributed by atoms with Crippen molar-refractivity contribution in [3.63, 3.8) is 0 Å². The number of para-hydroxylation sites is 1. The Balaban J connectivity index is 1.69. The Morgan fingerprint density at radius 3 is 2.59 bits per heavy atom. The topological polar surface area (TPSA) is 87.7 Å². The van der Waals surface area contributed by atoms with Crippen LogP contribution in [0.4, 0.5) is 0 Å². The molecule has 1 amide bonds. The van der Waals surface area contributed by atoms with Gasteiger partial charge in [0.2, 0.25) is 0 Å². The first kappa shape index (κ1) is 21.9. The number of aromatic nitrogens is 2. The number of carbonyl (C=O) groups is 1. The second-order valence-corrected chi connectivity index (χ2v) is 7.90. The van der Waals surface area contributed by atoms with Crippen LogP contribution in [0.5, 0.6) is 11.5 Å². The molecule has 0 fully saturated rings. The number of methoxy groups -OCH3 is 1. The number of hydrogen-bond donors (Lipinski definition) is 2. The third-order valence-corrected chi connectivity index (χ3v) is 5.77. The minimum atomic E-state index is -0.338. The lowest BCUT2D eigenvalue weighted by Crippen LogP contribution is -2.32. The molecule has 0 radical (unpaired) electrons. The van der Waals surface area contributed by atoms with Crippen molar-refractivity contribution in [2.45, 2.75) is 32.2 Å². The number of rotatable bonds is 10. The number of phenolic OH excluding ortho intramolecular Hbond substituents is 1. The van der Waals surface area contributed by atoms with Crippen molar-refractivity contribution in [1.29, 1.82) is 0 Å². The van der Waals surface area contributed by atoms with Crippen LogP contribution in [0.25, 0.3) is 11.3 Å². The van der Waals surface area contributed by atoms with Crippen LogP contribution in [0.1, 0.15) is 53.8 Å². The van der Waals surface area contributed by atoms with Crippen LogP contribution in [-0.4, -0.2) is 53.0 Å². The molecule has 0 saturated carbocycles. The van der Waals surface area contributed by atoms with Gasteiger partial charge >= 0.3 is 0 Å². The summed E-state index contributed by atoms with van der Waals surface area (Å²) in [5.41, 5.74) is 3.34. The van der Waals surface area contributed by atoms with Gasteiger partial charge < -0.3 is 19.5 Å². The van der Waals surface area contributed by atoms with Gasteiger partial charge in [0.05, 0.1) is 19.3 Å². The average molecular weight is 436 g/mol. The maximum Gasteiger partial charge on any atom is 0.273 e. The van der Waals surface area contributed by atoms with Crippen molar-refractivity contribution in [2.24, 2.45) is 0 Å². The molecule has 2 N–H and O–H groups in total. The van der Waals surface area contributed by atoms with Gasteiger partial charge in [0.1, 0.15) is 22.9 Å². The van der Waals surface area contributed by atoms with Crippen LogP contribution in [0.15, 0.2) is 48.5 Å². The molecule has 2 heterocycles. The Morgan fingerprint density at radius 2 is 1.88 bits per heavy atom. The summed E-state index contributed by atoms with van der Waals surface area (Å²) in [6.07, 6.45) is 3.33. The monoisotopic (exact) mass is 435 g/mol. The molecule has 3 aromatic rings. The standard InChI is InChI=1S/C25H29N3O4/c1-3-4-7-15-32-18-12-10-17(11-13-18)24-21-22(19-8-5-6-9-20(19)29)26-27-23(21)25(30)28(24)14-16-31-2/h5-6,8-13,24,29H,3-4,7,14-16H2,1-2H3,(H,26,27). The van der Waals surface area contributed by atoms with Crippen molar-refractivity contribution in [1.82, 2.24) is 15.1 Å². The third-order valence-electron chi connectivity index (χ3n) is 5.77. The van der Waals surface area contributed by atoms with Crippen LogP contribution >= 0.6 is 0 Å². The van der Waals surface area contributed by atoms with Gasteiger partial charge in [-0.2, -0.15) is 5.10 Å². The molecule has 1 unspecified atom stereocenters. The maximum atomic E-state index is 13.2. The van der Waals surface area contributed by atoms with Crippen LogP contribution in [0.3, 0.4) is 0 Å². The molecule has 1 aliphatic heterocycles. The molecule has 1 aliphatic rings. The van der Waals surface area contributed by atoms with E-state index in [9.17, 15) is 9.90 Å². The van der Waals surface area contributed by atoms with E-state index in [0.717, 1.165) is 36.1 Å². The van der Waals surface area contributed by atoms with E-state index in [1.165, 1.54) is 0 Å². The van der Waals surface area contributed by atoms with E-state index < -0.39 is 0 Å². The highest BCUT2D eigenvalue weighted by Gasteiger charge is 2.42. The van der Waals surface area contributed by atoms with Crippen molar-refractivity contribution < 1.29 is 19.4 Å². The molecular weight excluding hydrogens is 406 g/mol. The number of benzene rings is 2. The zero-order valence-electron chi connectivity index (χ0n) is 18.5. The van der Waals surface area contributed by atoms with E-state index >= 15 is 0 Å². The maximum absolute atomic E-state index is 13.2. The Morgan fingerprint density at radius 1 is 1.09 bits per heavy atom. The number of nitrogens with one attached hydrogen (secondary N) is 1. The predicted octanol–water partition coefficient (Wildman–Crippen LogP) is 4.54. The second kappa shape index (κ2) is 9.87. The first-order chi connectivity index (χ1) is 15.7. The van der Waals surface area contributed by atoms with Crippen molar-refractivity contribution in [3.05, 3.63) is 65.4 Å². The Labute approximate surface area is 188 Å². The number of unbranched alkanes of at least 4 members (excludes halogenated alkanes) is 2. The third kappa shape index (κ3) is 4.21. The number of fused-ring (bicyclic) bond motifs is 1. The number of amides is 1. The summed E-state index contributed by atoms with van der Waals surface area (Å²) in [6, 6.07) is 14.6. The summed E-state index contributed by atoms with van der Waals surface area (Å²) < 4.78 is 11.1. The quantitative estimate of drug-likeness (QED) is 0.457. The number of hydrogen-bond acceptors (Lipinski definition) is 5. The van der Waals surface area contributed by atoms with E-state index in [4.69, 9.17) is 9.47 Å². The largest absolute Gasteiger partial charge is 0.507 e. The van der Waals surface area contributed by atoms with Crippen LogP contribution in [0.2, 0.25) is 0 Å². The minimum Gasteiger partial charge on any atom is -0.507 e. The van der Waals surface area contributed by atoms with E-state index in [0.29, 0.717) is 36.7 Å². The van der Waals surface area contributed by atoms with E-state index in [2.05, 4.69) is 17.1 Å². The predicted molar refractivity (Wildman–Crippen MR) is 122 cm³/mol. The van der Waals surface area contributed by atoms with Crippen molar-refractivity contribution >= 4 is 5.91 Å². The van der Waals surface area contributed by atoms with Gasteiger partial charge in [0.15, 0.2) is 0 Å². The van der Waals surface area contributed by atoms with Crippen LogP contribution in [0, 0.1) is 0 Å². The molecule has 2 aromatic carbocycles. The first-order valence-corrected chi connectivity index (χ1v) is 11.0. The molecule has 0 spiro atoms. The fourth-order valence-electron chi connectivity index (χ4n) is 4.13. The van der Waals surface area contributed by atoms with Crippen molar-refractivity contribution in [3.8, 4) is 22.8 Å². The van der Waals surface area contributed by atoms with Gasteiger partial charge in [0, 0.05) is 24.8 Å². The summed E-state index contributed by atoms with van der Waals surface area (Å²) in [5, 5.41) is 17.7. The normalized spacial score (nSPS) is 15.2. The van der Waals surface area contributed by atoms with Crippen molar-refractivity contribution in [2.75, 3.05) is 26.9 Å². The molecular formula is C25H29N3O4. The van der Waals surface area contributed by atoms with Gasteiger partial charge in [-0.3, -0.25) is 9.89 Å². The highest BCUT2D eigenvalue weighted by atomic mass is 16.5. The first-order valence-electron chi connectivity index (χ1n) is 11.0. The molecule has 1 aromatic heterocycles. The molecule has 32 heavy (non-hydrogen) atoms. The average Bonchev–Trinajstić information content (AvgIpc) is 3.35. The molecule has 7 nitrogen and oxygen atoms in total. The lowest BCUT2D eigenvalue weighted by atomic mass is 9.95. The van der Waals surface area contributed by atoms with Crippen LogP contribution in [-0.2, 0) is 4.74 Å². The zero-order chi connectivity index (χ0) is 22.5. The van der Waals surface area contributed by atoms with E-state index in [1.807, 2.05) is 30.3 Å². The number of H-pyrrole nitrogens is 1. The SMILES string of the molecule is CCCCCOc1ccc(C2c3c(-c4ccccc4O)n[nH]c3C(=O)N2CCOC)cc1. The molecule has 1 atom stereocenters. The number of phenols is 1. The second-order valence-electron chi connectivity index (χ2n) is 7.90. The van der Waals surface area contributed by atoms with E-state index in [-0.39, 0.29) is 17.7 Å². The zero-order valence-corrected chi connectivity index (χ0v) is 18.5. The Bertz CT molecular complexity index is 1060. The lowest BCUT2D eigenvalue weighted by Gasteiger charge is -2.26. The molecule has 4 rings (SSSR count). The number of aromatic amines is 1. The smallest absolute Gasteiger partial charge is 0.273 e. The van der Waals surface area contributed by atoms with Gasteiger partial charge in [-0.25, -0.2) is 0 Å². The summed E-state index contributed by atoms with van der Waals surface area (Å²) >= 11 is 0.